The van der Waals surface area contributed by atoms with Crippen molar-refractivity contribution in [2.45, 2.75) is 40.2 Å². The lowest BCUT2D eigenvalue weighted by Gasteiger charge is -2.35. The maximum absolute atomic E-state index is 13.6. The number of fused-ring (bicyclic) bond motifs is 2. The Bertz CT molecular complexity index is 1020. The third kappa shape index (κ3) is 3.42. The van der Waals surface area contributed by atoms with Crippen LogP contribution in [-0.4, -0.2) is 38.4 Å². The Balaban J connectivity index is 1.79. The number of para-hydroxylation sites is 1. The minimum Gasteiger partial charge on any atom is -0.311 e. The standard InChI is InChI=1S/C20H22N2O3S3/c1-3-15-13-22(17-6-4-5-7-20(17)27-15)28(24,25)16-8-9-19-18(12-16)21(14(2)23)10-11-26-19/h4-9,12,15H,3,10-11,13H2,1-2H3/t15-/m1/s1. The lowest BCUT2D eigenvalue weighted by molar-refractivity contribution is -0.116. The van der Waals surface area contributed by atoms with Crippen LogP contribution in [0.1, 0.15) is 20.3 Å². The maximum atomic E-state index is 13.6. The SMILES string of the molecule is CC[C@@H]1CN(S(=O)(=O)c2ccc3c(c2)N(C(C)=O)CCS3)c2ccccc2S1. The molecule has 0 spiro atoms. The van der Waals surface area contributed by atoms with Gasteiger partial charge in [0.25, 0.3) is 10.0 Å². The van der Waals surface area contributed by atoms with Crippen LogP contribution in [0.2, 0.25) is 0 Å². The second-order valence-electron chi connectivity index (χ2n) is 6.80. The molecule has 4 rings (SSSR count). The molecule has 2 heterocycles. The van der Waals surface area contributed by atoms with Crippen molar-refractivity contribution in [1.82, 2.24) is 0 Å². The van der Waals surface area contributed by atoms with Gasteiger partial charge in [-0.05, 0) is 36.8 Å². The fourth-order valence-electron chi connectivity index (χ4n) is 3.52. The predicted molar refractivity (Wildman–Crippen MR) is 116 cm³/mol. The summed E-state index contributed by atoms with van der Waals surface area (Å²) in [5, 5.41) is 0.214. The summed E-state index contributed by atoms with van der Waals surface area (Å²) in [6, 6.07) is 12.8. The summed E-state index contributed by atoms with van der Waals surface area (Å²) in [5.74, 6) is 0.745. The highest BCUT2D eigenvalue weighted by Gasteiger charge is 2.34. The molecule has 148 valence electrons. The average molecular weight is 435 g/mol. The molecule has 2 aliphatic heterocycles. The van der Waals surface area contributed by atoms with Gasteiger partial charge >= 0.3 is 0 Å². The smallest absolute Gasteiger partial charge is 0.264 e. The van der Waals surface area contributed by atoms with Gasteiger partial charge in [0.15, 0.2) is 0 Å². The summed E-state index contributed by atoms with van der Waals surface area (Å²) in [7, 11) is -3.73. The van der Waals surface area contributed by atoms with Gasteiger partial charge in [0.2, 0.25) is 5.91 Å². The molecule has 0 bridgehead atoms. The van der Waals surface area contributed by atoms with E-state index in [0.717, 1.165) is 27.7 Å². The molecule has 1 atom stereocenters. The van der Waals surface area contributed by atoms with E-state index in [1.807, 2.05) is 30.3 Å². The number of benzene rings is 2. The first-order chi connectivity index (χ1) is 13.4. The average Bonchev–Trinajstić information content (AvgIpc) is 2.71. The van der Waals surface area contributed by atoms with Gasteiger partial charge < -0.3 is 4.90 Å². The van der Waals surface area contributed by atoms with Crippen LogP contribution >= 0.6 is 23.5 Å². The highest BCUT2D eigenvalue weighted by molar-refractivity contribution is 8.00. The molecule has 2 aromatic carbocycles. The minimum absolute atomic E-state index is 0.0677. The zero-order valence-corrected chi connectivity index (χ0v) is 18.2. The highest BCUT2D eigenvalue weighted by Crippen LogP contribution is 2.43. The van der Waals surface area contributed by atoms with E-state index in [-0.39, 0.29) is 16.1 Å². The third-order valence-electron chi connectivity index (χ3n) is 5.01. The molecule has 0 unspecified atom stereocenters. The van der Waals surface area contributed by atoms with Gasteiger partial charge in [-0.1, -0.05) is 19.1 Å². The fourth-order valence-corrected chi connectivity index (χ4v) is 7.40. The van der Waals surface area contributed by atoms with E-state index in [0.29, 0.717) is 18.8 Å². The number of sulfonamides is 1. The third-order valence-corrected chi connectivity index (χ3v) is 9.25. The van der Waals surface area contributed by atoms with Crippen LogP contribution in [-0.2, 0) is 14.8 Å². The van der Waals surface area contributed by atoms with E-state index in [4.69, 9.17) is 0 Å². The number of rotatable bonds is 3. The molecule has 0 aliphatic carbocycles. The van der Waals surface area contributed by atoms with Crippen molar-refractivity contribution in [1.29, 1.82) is 0 Å². The van der Waals surface area contributed by atoms with E-state index in [9.17, 15) is 13.2 Å². The lowest BCUT2D eigenvalue weighted by Crippen LogP contribution is -2.39. The molecule has 0 N–H and O–H groups in total. The van der Waals surface area contributed by atoms with Crippen molar-refractivity contribution in [2.24, 2.45) is 0 Å². The fraction of sp³-hybridized carbons (Fsp3) is 0.350. The number of hydrogen-bond donors (Lipinski definition) is 0. The molecule has 8 heteroatoms. The Morgan fingerprint density at radius 3 is 2.68 bits per heavy atom. The lowest BCUT2D eigenvalue weighted by atomic mass is 10.2. The quantitative estimate of drug-likeness (QED) is 0.724. The van der Waals surface area contributed by atoms with E-state index in [2.05, 4.69) is 6.92 Å². The zero-order valence-electron chi connectivity index (χ0n) is 15.8. The van der Waals surface area contributed by atoms with Gasteiger partial charge in [0.1, 0.15) is 0 Å². The first-order valence-electron chi connectivity index (χ1n) is 9.25. The number of hydrogen-bond acceptors (Lipinski definition) is 5. The number of carbonyl (C=O) groups excluding carboxylic acids is 1. The van der Waals surface area contributed by atoms with Crippen LogP contribution in [0.25, 0.3) is 0 Å². The number of anilines is 2. The largest absolute Gasteiger partial charge is 0.311 e. The van der Waals surface area contributed by atoms with Gasteiger partial charge in [-0.15, -0.1) is 23.5 Å². The Kier molecular flexibility index (Phi) is 5.37. The van der Waals surface area contributed by atoms with Crippen LogP contribution < -0.4 is 9.21 Å². The van der Waals surface area contributed by atoms with Crippen LogP contribution in [0.3, 0.4) is 0 Å². The van der Waals surface area contributed by atoms with E-state index in [1.54, 1.807) is 40.6 Å². The van der Waals surface area contributed by atoms with Crippen molar-refractivity contribution >= 4 is 50.8 Å². The molecular weight excluding hydrogens is 412 g/mol. The van der Waals surface area contributed by atoms with Crippen molar-refractivity contribution in [3.05, 3.63) is 42.5 Å². The van der Waals surface area contributed by atoms with Gasteiger partial charge in [0.05, 0.1) is 16.3 Å². The summed E-state index contributed by atoms with van der Waals surface area (Å²) in [4.78, 5) is 15.9. The second-order valence-corrected chi connectivity index (χ2v) is 11.1. The number of nitrogens with zero attached hydrogens (tertiary/aromatic N) is 2. The summed E-state index contributed by atoms with van der Waals surface area (Å²) in [5.41, 5.74) is 1.42. The summed E-state index contributed by atoms with van der Waals surface area (Å²) >= 11 is 3.39. The van der Waals surface area contributed by atoms with Crippen molar-refractivity contribution in [3.63, 3.8) is 0 Å². The Labute approximate surface area is 174 Å². The summed E-state index contributed by atoms with van der Waals surface area (Å²) in [6.45, 7) is 4.64. The number of thioether (sulfide) groups is 2. The minimum atomic E-state index is -3.73. The van der Waals surface area contributed by atoms with Gasteiger partial charge in [-0.3, -0.25) is 9.10 Å². The maximum Gasteiger partial charge on any atom is 0.264 e. The van der Waals surface area contributed by atoms with E-state index >= 15 is 0 Å². The molecule has 0 saturated carbocycles. The van der Waals surface area contributed by atoms with Crippen molar-refractivity contribution in [2.75, 3.05) is 28.0 Å². The first-order valence-corrected chi connectivity index (χ1v) is 12.6. The molecule has 5 nitrogen and oxygen atoms in total. The van der Waals surface area contributed by atoms with Crippen LogP contribution in [0.15, 0.2) is 57.2 Å². The highest BCUT2D eigenvalue weighted by atomic mass is 32.2. The first kappa shape index (κ1) is 19.7. The molecule has 2 aromatic rings. The van der Waals surface area contributed by atoms with E-state index < -0.39 is 10.0 Å². The van der Waals surface area contributed by atoms with Crippen LogP contribution in [0.4, 0.5) is 11.4 Å². The Morgan fingerprint density at radius 1 is 1.14 bits per heavy atom. The summed E-state index contributed by atoms with van der Waals surface area (Å²) < 4.78 is 28.7. The van der Waals surface area contributed by atoms with Crippen molar-refractivity contribution in [3.8, 4) is 0 Å². The van der Waals surface area contributed by atoms with Gasteiger partial charge in [-0.25, -0.2) is 8.42 Å². The number of amides is 1. The molecule has 0 fully saturated rings. The van der Waals surface area contributed by atoms with Gasteiger partial charge in [0, 0.05) is 40.8 Å². The van der Waals surface area contributed by atoms with Crippen LogP contribution in [0.5, 0.6) is 0 Å². The Morgan fingerprint density at radius 2 is 1.93 bits per heavy atom. The van der Waals surface area contributed by atoms with E-state index in [1.165, 1.54) is 11.2 Å². The molecule has 0 aromatic heterocycles. The Hall–Kier alpha value is -1.64. The zero-order chi connectivity index (χ0) is 19.9. The normalized spacial score (nSPS) is 19.1. The molecular formula is C20H22N2O3S3. The summed E-state index contributed by atoms with van der Waals surface area (Å²) in [6.07, 6.45) is 0.893. The topological polar surface area (TPSA) is 57.7 Å². The molecule has 2 aliphatic rings. The molecule has 0 saturated heterocycles. The molecule has 1 amide bonds. The second kappa shape index (κ2) is 7.65. The molecule has 0 radical (unpaired) electrons. The van der Waals surface area contributed by atoms with Gasteiger partial charge in [-0.2, -0.15) is 0 Å². The number of carbonyl (C=O) groups is 1. The van der Waals surface area contributed by atoms with Crippen LogP contribution in [0, 0.1) is 0 Å². The predicted octanol–water partition coefficient (Wildman–Crippen LogP) is 4.22. The van der Waals surface area contributed by atoms with Crippen molar-refractivity contribution < 1.29 is 13.2 Å². The monoisotopic (exact) mass is 434 g/mol. The molecule has 28 heavy (non-hydrogen) atoms.